The van der Waals surface area contributed by atoms with Crippen LogP contribution in [-0.4, -0.2) is 47.0 Å². The Balaban J connectivity index is 1.27. The standard InChI is InChI=1S/C24H19Cl2N5O3/c1-30-11-24(7-8-24)16-6-5-13(9-14(16)21(30)32)28-23-27-10-15-20(29-23)34-12-31(22(15)33)19-17(25)3-2-4-18(19)26/h2-6,9-10H,7-8,11-12H2,1H3,(H,27,28,29). The highest BCUT2D eigenvalue weighted by Gasteiger charge is 2.50. The summed E-state index contributed by atoms with van der Waals surface area (Å²) in [6.07, 6.45) is 3.60. The Morgan fingerprint density at radius 1 is 1.06 bits per heavy atom. The Labute approximate surface area is 205 Å². The van der Waals surface area contributed by atoms with Gasteiger partial charge in [0.25, 0.3) is 11.8 Å². The summed E-state index contributed by atoms with van der Waals surface area (Å²) in [5.74, 6) is 0.0656. The maximum atomic E-state index is 13.1. The molecular formula is C24H19Cl2N5O3. The van der Waals surface area contributed by atoms with Gasteiger partial charge in [-0.3, -0.25) is 14.5 Å². The molecule has 0 saturated heterocycles. The number of ether oxygens (including phenoxy) is 1. The number of halogens is 2. The van der Waals surface area contributed by atoms with Crippen molar-refractivity contribution in [2.24, 2.45) is 0 Å². The zero-order valence-electron chi connectivity index (χ0n) is 18.1. The summed E-state index contributed by atoms with van der Waals surface area (Å²) in [5.41, 5.74) is 3.17. The molecule has 1 aromatic heterocycles. The summed E-state index contributed by atoms with van der Waals surface area (Å²) < 4.78 is 5.74. The second-order valence-electron chi connectivity index (χ2n) is 8.82. The van der Waals surface area contributed by atoms with Gasteiger partial charge in [0.05, 0.1) is 15.7 Å². The number of para-hydroxylation sites is 1. The van der Waals surface area contributed by atoms with Gasteiger partial charge >= 0.3 is 0 Å². The number of fused-ring (bicyclic) bond motifs is 3. The average Bonchev–Trinajstić information content (AvgIpc) is 3.59. The van der Waals surface area contributed by atoms with Crippen molar-refractivity contribution in [3.8, 4) is 5.88 Å². The molecule has 172 valence electrons. The number of likely N-dealkylation sites (N-methyl/N-ethyl adjacent to an activating group) is 1. The third-order valence-electron chi connectivity index (χ3n) is 6.58. The molecule has 0 radical (unpaired) electrons. The van der Waals surface area contributed by atoms with Gasteiger partial charge in [0.2, 0.25) is 11.8 Å². The Hall–Kier alpha value is -3.36. The molecule has 2 aliphatic heterocycles. The first kappa shape index (κ1) is 21.2. The summed E-state index contributed by atoms with van der Waals surface area (Å²) in [6, 6.07) is 10.8. The highest BCUT2D eigenvalue weighted by Crippen LogP contribution is 2.52. The lowest BCUT2D eigenvalue weighted by Gasteiger charge is -2.32. The van der Waals surface area contributed by atoms with Crippen molar-refractivity contribution in [2.45, 2.75) is 18.3 Å². The molecule has 1 saturated carbocycles. The van der Waals surface area contributed by atoms with Crippen LogP contribution >= 0.6 is 23.2 Å². The predicted octanol–water partition coefficient (Wildman–Crippen LogP) is 4.64. The lowest BCUT2D eigenvalue weighted by atomic mass is 9.86. The van der Waals surface area contributed by atoms with Crippen LogP contribution in [0.15, 0.2) is 42.6 Å². The SMILES string of the molecule is CN1CC2(CC2)c2ccc(Nc3ncc4c(n3)OCN(c3c(Cl)cccc3Cl)C4=O)cc2C1=O. The first-order valence-corrected chi connectivity index (χ1v) is 11.5. The molecule has 1 fully saturated rings. The minimum absolute atomic E-state index is 0.00906. The summed E-state index contributed by atoms with van der Waals surface area (Å²) >= 11 is 12.5. The number of anilines is 3. The molecule has 0 unspecified atom stereocenters. The van der Waals surface area contributed by atoms with E-state index in [1.54, 1.807) is 23.1 Å². The molecule has 0 atom stereocenters. The summed E-state index contributed by atoms with van der Waals surface area (Å²) in [5, 5.41) is 3.80. The first-order chi connectivity index (χ1) is 16.4. The molecule has 10 heteroatoms. The smallest absolute Gasteiger partial charge is 0.268 e. The van der Waals surface area contributed by atoms with Gasteiger partial charge in [0.1, 0.15) is 5.56 Å². The van der Waals surface area contributed by atoms with Crippen LogP contribution in [0, 0.1) is 0 Å². The van der Waals surface area contributed by atoms with E-state index >= 15 is 0 Å². The lowest BCUT2D eigenvalue weighted by Crippen LogP contribution is -2.40. The van der Waals surface area contributed by atoms with Crippen molar-refractivity contribution in [2.75, 3.05) is 30.5 Å². The van der Waals surface area contributed by atoms with Gasteiger partial charge in [-0.2, -0.15) is 4.98 Å². The van der Waals surface area contributed by atoms with Crippen molar-refractivity contribution in [1.82, 2.24) is 14.9 Å². The highest BCUT2D eigenvalue weighted by molar-refractivity contribution is 6.40. The minimum atomic E-state index is -0.361. The van der Waals surface area contributed by atoms with Gasteiger partial charge in [-0.05, 0) is 42.7 Å². The van der Waals surface area contributed by atoms with Crippen molar-refractivity contribution in [3.63, 3.8) is 0 Å². The highest BCUT2D eigenvalue weighted by atomic mass is 35.5. The second kappa shape index (κ2) is 7.58. The average molecular weight is 496 g/mol. The van der Waals surface area contributed by atoms with Crippen LogP contribution in [0.2, 0.25) is 10.0 Å². The Bertz CT molecular complexity index is 1350. The zero-order chi connectivity index (χ0) is 23.6. The largest absolute Gasteiger partial charge is 0.455 e. The molecule has 34 heavy (non-hydrogen) atoms. The van der Waals surface area contributed by atoms with Gasteiger partial charge in [0, 0.05) is 36.5 Å². The minimum Gasteiger partial charge on any atom is -0.455 e. The van der Waals surface area contributed by atoms with E-state index < -0.39 is 0 Å². The van der Waals surface area contributed by atoms with Gasteiger partial charge in [-0.25, -0.2) is 4.98 Å². The number of carbonyl (C=O) groups is 2. The van der Waals surface area contributed by atoms with Crippen molar-refractivity contribution >= 4 is 52.3 Å². The molecule has 2 amide bonds. The number of benzene rings is 2. The molecule has 3 heterocycles. The topological polar surface area (TPSA) is 87.7 Å². The van der Waals surface area contributed by atoms with Crippen LogP contribution in [0.4, 0.5) is 17.3 Å². The number of aromatic nitrogens is 2. The van der Waals surface area contributed by atoms with Gasteiger partial charge in [-0.15, -0.1) is 0 Å². The number of nitrogens with zero attached hydrogens (tertiary/aromatic N) is 4. The molecule has 6 rings (SSSR count). The molecule has 1 aliphatic carbocycles. The fraction of sp³-hybridized carbons (Fsp3) is 0.250. The summed E-state index contributed by atoms with van der Waals surface area (Å²) in [4.78, 5) is 37.6. The maximum Gasteiger partial charge on any atom is 0.268 e. The van der Waals surface area contributed by atoms with E-state index in [0.29, 0.717) is 27.0 Å². The molecule has 3 aliphatic rings. The normalized spacial score (nSPS) is 17.9. The van der Waals surface area contributed by atoms with E-state index in [1.807, 2.05) is 25.2 Å². The van der Waals surface area contributed by atoms with Crippen LogP contribution in [0.3, 0.4) is 0 Å². The summed E-state index contributed by atoms with van der Waals surface area (Å²) in [6.45, 7) is 0.675. The van der Waals surface area contributed by atoms with Gasteiger partial charge < -0.3 is 15.0 Å². The van der Waals surface area contributed by atoms with Crippen molar-refractivity contribution in [3.05, 3.63) is 69.3 Å². The van der Waals surface area contributed by atoms with Gasteiger partial charge in [-0.1, -0.05) is 35.3 Å². The third-order valence-corrected chi connectivity index (χ3v) is 7.19. The monoisotopic (exact) mass is 495 g/mol. The van der Waals surface area contributed by atoms with E-state index in [9.17, 15) is 9.59 Å². The molecular weight excluding hydrogens is 477 g/mol. The molecule has 0 bridgehead atoms. The van der Waals surface area contributed by atoms with Crippen molar-refractivity contribution < 1.29 is 14.3 Å². The second-order valence-corrected chi connectivity index (χ2v) is 9.63. The van der Waals surface area contributed by atoms with Crippen LogP contribution in [0.5, 0.6) is 5.88 Å². The van der Waals surface area contributed by atoms with Crippen LogP contribution < -0.4 is 15.0 Å². The van der Waals surface area contributed by atoms with Crippen molar-refractivity contribution in [1.29, 1.82) is 0 Å². The van der Waals surface area contributed by atoms with E-state index in [2.05, 4.69) is 15.3 Å². The quantitative estimate of drug-likeness (QED) is 0.569. The van der Waals surface area contributed by atoms with E-state index in [4.69, 9.17) is 27.9 Å². The molecule has 3 aromatic rings. The fourth-order valence-electron chi connectivity index (χ4n) is 4.71. The van der Waals surface area contributed by atoms with Crippen LogP contribution in [0.1, 0.15) is 39.1 Å². The number of carbonyl (C=O) groups excluding carboxylic acids is 2. The molecule has 8 nitrogen and oxygen atoms in total. The predicted molar refractivity (Wildman–Crippen MR) is 128 cm³/mol. The van der Waals surface area contributed by atoms with Gasteiger partial charge in [0.15, 0.2) is 6.73 Å². The number of amides is 2. The summed E-state index contributed by atoms with van der Waals surface area (Å²) in [7, 11) is 1.84. The zero-order valence-corrected chi connectivity index (χ0v) is 19.7. The number of hydrogen-bond donors (Lipinski definition) is 1. The van der Waals surface area contributed by atoms with E-state index in [0.717, 1.165) is 24.9 Å². The maximum absolute atomic E-state index is 13.1. The Kier molecular flexibility index (Phi) is 4.72. The molecule has 1 spiro atoms. The lowest BCUT2D eigenvalue weighted by molar-refractivity contribution is 0.0757. The first-order valence-electron chi connectivity index (χ1n) is 10.8. The van der Waals surface area contributed by atoms with E-state index in [1.165, 1.54) is 11.1 Å². The molecule has 1 N–H and O–H groups in total. The number of hydrogen-bond acceptors (Lipinski definition) is 6. The third kappa shape index (κ3) is 3.28. The Morgan fingerprint density at radius 3 is 2.56 bits per heavy atom. The number of rotatable bonds is 3. The molecule has 2 aromatic carbocycles. The Morgan fingerprint density at radius 2 is 1.82 bits per heavy atom. The van der Waals surface area contributed by atoms with E-state index in [-0.39, 0.29) is 41.4 Å². The number of nitrogens with one attached hydrogen (secondary N) is 1. The van der Waals surface area contributed by atoms with Crippen LogP contribution in [-0.2, 0) is 5.41 Å². The fourth-order valence-corrected chi connectivity index (χ4v) is 5.31. The van der Waals surface area contributed by atoms with Crippen LogP contribution in [0.25, 0.3) is 0 Å².